The van der Waals surface area contributed by atoms with Crippen molar-refractivity contribution in [3.05, 3.63) is 0 Å². The zero-order valence-electron chi connectivity index (χ0n) is 28.5. The van der Waals surface area contributed by atoms with Crippen molar-refractivity contribution in [1.82, 2.24) is 20.4 Å². The van der Waals surface area contributed by atoms with E-state index in [0.717, 1.165) is 4.90 Å². The third kappa shape index (κ3) is 10.3. The van der Waals surface area contributed by atoms with Crippen LogP contribution in [0.3, 0.4) is 0 Å². The second-order valence-electron chi connectivity index (χ2n) is 13.5. The van der Waals surface area contributed by atoms with Crippen LogP contribution in [0, 0.1) is 11.8 Å². The Morgan fingerprint density at radius 2 is 1.68 bits per heavy atom. The van der Waals surface area contributed by atoms with Crippen molar-refractivity contribution >= 4 is 31.4 Å². The van der Waals surface area contributed by atoms with E-state index >= 15 is 0 Å². The maximum absolute atomic E-state index is 13.9. The number of rotatable bonds is 14. The lowest BCUT2D eigenvalue weighted by atomic mass is 9.82. The first-order valence-corrected chi connectivity index (χ1v) is 18.3. The Kier molecular flexibility index (Phi) is 13.6. The quantitative estimate of drug-likeness (QED) is 0.228. The molecule has 0 bridgehead atoms. The molecule has 13 nitrogen and oxygen atoms in total. The largest absolute Gasteiger partial charge is 0.446 e. The Labute approximate surface area is 276 Å². The number of aliphatic hydroxyl groups is 1. The van der Waals surface area contributed by atoms with Crippen molar-refractivity contribution in [2.45, 2.75) is 128 Å². The fourth-order valence-corrected chi connectivity index (χ4v) is 8.47. The first kappa shape index (κ1) is 39.1. The van der Waals surface area contributed by atoms with Crippen molar-refractivity contribution in [1.29, 1.82) is 0 Å². The van der Waals surface area contributed by atoms with E-state index in [9.17, 15) is 37.6 Å². The number of nitrogens with one attached hydrogen (secondary N) is 2. The molecule has 4 amide bonds. The monoisotopic (exact) mass is 694 g/mol. The second-order valence-corrected chi connectivity index (χ2v) is 15.6. The highest BCUT2D eigenvalue weighted by atomic mass is 31.2. The number of amides is 4. The van der Waals surface area contributed by atoms with Crippen LogP contribution in [0.1, 0.15) is 92.4 Å². The van der Waals surface area contributed by atoms with Gasteiger partial charge in [-0.05, 0) is 64.7 Å². The van der Waals surface area contributed by atoms with Gasteiger partial charge in [0, 0.05) is 51.4 Å². The van der Waals surface area contributed by atoms with Gasteiger partial charge in [-0.2, -0.15) is 0 Å². The molecule has 0 aromatic heterocycles. The molecule has 4 atom stereocenters. The van der Waals surface area contributed by atoms with Gasteiger partial charge in [-0.25, -0.2) is 13.6 Å². The Bertz CT molecular complexity index is 1150. The summed E-state index contributed by atoms with van der Waals surface area (Å²) < 4.78 is 57.3. The minimum absolute atomic E-state index is 0.00373. The first-order valence-electron chi connectivity index (χ1n) is 16.7. The van der Waals surface area contributed by atoms with Crippen LogP contribution in [-0.4, -0.2) is 108 Å². The summed E-state index contributed by atoms with van der Waals surface area (Å²) in [6.45, 7) is 9.24. The molecule has 0 radical (unpaired) electrons. The summed E-state index contributed by atoms with van der Waals surface area (Å²) in [4.78, 5) is 55.0. The molecule has 47 heavy (non-hydrogen) atoms. The molecule has 3 fully saturated rings. The van der Waals surface area contributed by atoms with Crippen LogP contribution in [-0.2, 0) is 32.7 Å². The standard InChI is InChI=1S/C31H53F2N4O9P/c1-7-44-47(43,45-8-2)28(41)24(18-22-19-30(35-26(22)39)13-15-37(16-14-30)21(5)38)34-27(40)25(17-20(3)4)36(6)29(42)46-23-9-11-31(32,33)12-10-23/h20,22-25,28,41H,7-19H2,1-6H3,(H,34,40)(H,35,39)/t22?,24?,25-,28?/m0/s1. The van der Waals surface area contributed by atoms with Gasteiger partial charge in [-0.3, -0.25) is 23.8 Å². The fraction of sp³-hybridized carbons (Fsp3) is 0.871. The number of hydrogen-bond donors (Lipinski definition) is 3. The average molecular weight is 695 g/mol. The molecule has 16 heteroatoms. The summed E-state index contributed by atoms with van der Waals surface area (Å²) in [6, 6.07) is -2.37. The van der Waals surface area contributed by atoms with Crippen molar-refractivity contribution in [3.8, 4) is 0 Å². The molecule has 3 unspecified atom stereocenters. The number of ether oxygens (including phenoxy) is 1. The lowest BCUT2D eigenvalue weighted by molar-refractivity contribution is -0.130. The molecule has 2 heterocycles. The molecule has 3 N–H and O–H groups in total. The minimum Gasteiger partial charge on any atom is -0.446 e. The number of carbonyl (C=O) groups is 4. The summed E-state index contributed by atoms with van der Waals surface area (Å²) in [6.07, 6.45) is -0.762. The van der Waals surface area contributed by atoms with Crippen molar-refractivity contribution < 1.29 is 51.4 Å². The number of aliphatic hydroxyl groups excluding tert-OH is 1. The average Bonchev–Trinajstić information content (AvgIpc) is 3.29. The van der Waals surface area contributed by atoms with Gasteiger partial charge in [-0.1, -0.05) is 13.8 Å². The lowest BCUT2D eigenvalue weighted by Crippen LogP contribution is -2.54. The minimum atomic E-state index is -4.20. The van der Waals surface area contributed by atoms with Crippen LogP contribution >= 0.6 is 7.60 Å². The lowest BCUT2D eigenvalue weighted by Gasteiger charge is -2.39. The highest BCUT2D eigenvalue weighted by molar-refractivity contribution is 7.54. The van der Waals surface area contributed by atoms with Crippen LogP contribution in [0.25, 0.3) is 0 Å². The van der Waals surface area contributed by atoms with Gasteiger partial charge in [-0.15, -0.1) is 0 Å². The maximum Gasteiger partial charge on any atom is 0.410 e. The molecule has 2 saturated heterocycles. The highest BCUT2D eigenvalue weighted by Crippen LogP contribution is 2.54. The Hall–Kier alpha value is -2.35. The SMILES string of the molecule is CCOP(=O)(OCC)C(O)C(CC1CC2(CCN(C(C)=O)CC2)NC1=O)NC(=O)[C@H](CC(C)C)N(C)C(=O)OC1CCC(F)(F)CC1. The van der Waals surface area contributed by atoms with E-state index in [1.807, 2.05) is 13.8 Å². The molecule has 3 aliphatic rings. The Morgan fingerprint density at radius 1 is 1.11 bits per heavy atom. The predicted molar refractivity (Wildman–Crippen MR) is 169 cm³/mol. The first-order chi connectivity index (χ1) is 21.9. The topological polar surface area (TPSA) is 164 Å². The summed E-state index contributed by atoms with van der Waals surface area (Å²) in [7, 11) is -2.82. The van der Waals surface area contributed by atoms with E-state index in [-0.39, 0.29) is 56.6 Å². The Balaban J connectivity index is 1.82. The highest BCUT2D eigenvalue weighted by Gasteiger charge is 2.49. The zero-order valence-corrected chi connectivity index (χ0v) is 29.4. The molecular weight excluding hydrogens is 641 g/mol. The number of carbonyl (C=O) groups excluding carboxylic acids is 4. The fourth-order valence-electron chi connectivity index (χ4n) is 6.73. The summed E-state index contributed by atoms with van der Waals surface area (Å²) in [5.74, 6) is -6.39. The third-order valence-electron chi connectivity index (χ3n) is 9.41. The zero-order chi connectivity index (χ0) is 35.2. The van der Waals surface area contributed by atoms with Gasteiger partial charge in [0.15, 0.2) is 5.85 Å². The van der Waals surface area contributed by atoms with E-state index in [1.54, 1.807) is 18.7 Å². The van der Waals surface area contributed by atoms with Crippen LogP contribution in [0.4, 0.5) is 13.6 Å². The molecule has 2 aliphatic heterocycles. The Morgan fingerprint density at radius 3 is 2.19 bits per heavy atom. The summed E-state index contributed by atoms with van der Waals surface area (Å²) in [5.41, 5.74) is -0.552. The van der Waals surface area contributed by atoms with Crippen LogP contribution in [0.2, 0.25) is 0 Å². The molecule has 270 valence electrons. The van der Waals surface area contributed by atoms with Crippen molar-refractivity contribution in [2.75, 3.05) is 33.4 Å². The summed E-state index contributed by atoms with van der Waals surface area (Å²) in [5, 5.41) is 17.3. The number of likely N-dealkylation sites (N-methyl/N-ethyl adjacent to an activating group) is 1. The second kappa shape index (κ2) is 16.4. The third-order valence-corrected chi connectivity index (χ3v) is 11.7. The van der Waals surface area contributed by atoms with Gasteiger partial charge in [0.1, 0.15) is 12.1 Å². The van der Waals surface area contributed by atoms with Gasteiger partial charge in [0.25, 0.3) is 0 Å². The number of halogens is 2. The molecular formula is C31H53F2N4O9P. The van der Waals surface area contributed by atoms with Gasteiger partial charge in [0.2, 0.25) is 23.6 Å². The molecule has 3 rings (SSSR count). The molecule has 1 aliphatic carbocycles. The molecule has 0 aromatic rings. The maximum atomic E-state index is 13.9. The number of piperidine rings is 1. The van der Waals surface area contributed by atoms with Gasteiger partial charge >= 0.3 is 13.7 Å². The van der Waals surface area contributed by atoms with E-state index in [0.29, 0.717) is 32.4 Å². The number of nitrogens with zero attached hydrogens (tertiary/aromatic N) is 2. The van der Waals surface area contributed by atoms with Crippen LogP contribution < -0.4 is 10.6 Å². The van der Waals surface area contributed by atoms with Crippen molar-refractivity contribution in [3.63, 3.8) is 0 Å². The number of likely N-dealkylation sites (tertiary alicyclic amines) is 1. The number of alkyl halides is 2. The van der Waals surface area contributed by atoms with E-state index in [1.165, 1.54) is 14.0 Å². The van der Waals surface area contributed by atoms with E-state index < -0.39 is 73.8 Å². The van der Waals surface area contributed by atoms with Crippen LogP contribution in [0.5, 0.6) is 0 Å². The molecule has 1 saturated carbocycles. The normalized spacial score (nSPS) is 23.2. The smallest absolute Gasteiger partial charge is 0.410 e. The predicted octanol–water partition coefficient (Wildman–Crippen LogP) is 4.02. The van der Waals surface area contributed by atoms with Crippen LogP contribution in [0.15, 0.2) is 0 Å². The molecule has 1 spiro atoms. The van der Waals surface area contributed by atoms with Gasteiger partial charge in [0.05, 0.1) is 19.3 Å². The number of hydrogen-bond acceptors (Lipinski definition) is 9. The van der Waals surface area contributed by atoms with E-state index in [4.69, 9.17) is 13.8 Å². The van der Waals surface area contributed by atoms with E-state index in [2.05, 4.69) is 10.6 Å². The molecule has 0 aromatic carbocycles. The van der Waals surface area contributed by atoms with Crippen molar-refractivity contribution in [2.24, 2.45) is 11.8 Å². The van der Waals surface area contributed by atoms with Gasteiger partial charge < -0.3 is 34.4 Å². The summed E-state index contributed by atoms with van der Waals surface area (Å²) >= 11 is 0.